The second-order valence-electron chi connectivity index (χ2n) is 7.79. The summed E-state index contributed by atoms with van der Waals surface area (Å²) >= 11 is 0. The molecule has 144 valence electrons. The largest absolute Gasteiger partial charge is 0.372 e. The smallest absolute Gasteiger partial charge is 0.155 e. The summed E-state index contributed by atoms with van der Waals surface area (Å²) in [6.07, 6.45) is 6.38. The molecule has 0 atom stereocenters. The van der Waals surface area contributed by atoms with E-state index >= 15 is 0 Å². The Balaban J connectivity index is 2.22. The fourth-order valence-corrected chi connectivity index (χ4v) is 4.12. The molecule has 0 amide bonds. The van der Waals surface area contributed by atoms with Crippen molar-refractivity contribution in [3.8, 4) is 0 Å². The summed E-state index contributed by atoms with van der Waals surface area (Å²) in [5.74, 6) is 0.323. The number of anilines is 1. The molecule has 0 heterocycles. The normalized spacial score (nSPS) is 12.4. The van der Waals surface area contributed by atoms with Crippen LogP contribution in [0.25, 0.3) is 0 Å². The van der Waals surface area contributed by atoms with Gasteiger partial charge in [0, 0.05) is 18.8 Å². The van der Waals surface area contributed by atoms with Gasteiger partial charge in [0.05, 0.1) is 10.5 Å². The van der Waals surface area contributed by atoms with E-state index < -0.39 is 14.6 Å². The van der Waals surface area contributed by atoms with Gasteiger partial charge in [-0.2, -0.15) is 0 Å². The molecule has 0 unspecified atom stereocenters. The first kappa shape index (κ1) is 22.0. The van der Waals surface area contributed by atoms with Gasteiger partial charge >= 0.3 is 0 Å². The highest BCUT2D eigenvalue weighted by Crippen LogP contribution is 2.19. The Labute approximate surface area is 155 Å². The molecule has 1 aromatic carbocycles. The van der Waals surface area contributed by atoms with Crippen molar-refractivity contribution in [3.05, 3.63) is 29.8 Å². The molecule has 0 saturated carbocycles. The lowest BCUT2D eigenvalue weighted by Gasteiger charge is -2.21. The zero-order valence-corrected chi connectivity index (χ0v) is 17.7. The van der Waals surface area contributed by atoms with E-state index in [1.54, 1.807) is 20.8 Å². The van der Waals surface area contributed by atoms with Crippen LogP contribution in [0.15, 0.2) is 24.3 Å². The Bertz CT molecular complexity index is 581. The quantitative estimate of drug-likeness (QED) is 0.502. The van der Waals surface area contributed by atoms with Crippen molar-refractivity contribution in [1.29, 1.82) is 0 Å². The molecule has 1 aromatic rings. The summed E-state index contributed by atoms with van der Waals surface area (Å²) in [5.41, 5.74) is 2.69. The van der Waals surface area contributed by atoms with E-state index in [-0.39, 0.29) is 0 Å². The van der Waals surface area contributed by atoms with E-state index in [1.807, 2.05) is 0 Å². The van der Waals surface area contributed by atoms with E-state index in [2.05, 4.69) is 43.0 Å². The monoisotopic (exact) mass is 367 g/mol. The Morgan fingerprint density at radius 1 is 0.840 bits per heavy atom. The van der Waals surface area contributed by atoms with Crippen LogP contribution in [0, 0.1) is 0 Å². The fraction of sp³-hybridized carbons (Fsp3) is 0.714. The van der Waals surface area contributed by atoms with Crippen molar-refractivity contribution in [2.45, 2.75) is 77.9 Å². The second kappa shape index (κ2) is 10.2. The Morgan fingerprint density at radius 3 is 1.88 bits per heavy atom. The van der Waals surface area contributed by atoms with Crippen LogP contribution in [0.3, 0.4) is 0 Å². The molecule has 25 heavy (non-hydrogen) atoms. The van der Waals surface area contributed by atoms with E-state index in [0.717, 1.165) is 38.8 Å². The highest BCUT2D eigenvalue weighted by atomic mass is 32.2. The van der Waals surface area contributed by atoms with Crippen molar-refractivity contribution in [3.63, 3.8) is 0 Å². The molecular formula is C21H37NO2S. The lowest BCUT2D eigenvalue weighted by Crippen LogP contribution is -2.30. The molecular weight excluding hydrogens is 330 g/mol. The predicted molar refractivity (Wildman–Crippen MR) is 110 cm³/mol. The van der Waals surface area contributed by atoms with Gasteiger partial charge in [0.2, 0.25) is 0 Å². The van der Waals surface area contributed by atoms with Crippen LogP contribution in [0.1, 0.15) is 72.3 Å². The zero-order valence-electron chi connectivity index (χ0n) is 16.8. The molecule has 0 aliphatic rings. The van der Waals surface area contributed by atoms with Gasteiger partial charge in [-0.3, -0.25) is 0 Å². The molecule has 1 rings (SSSR count). The number of hydrogen-bond acceptors (Lipinski definition) is 3. The maximum absolute atomic E-state index is 12.0. The number of benzene rings is 1. The van der Waals surface area contributed by atoms with E-state index in [9.17, 15) is 8.42 Å². The third kappa shape index (κ3) is 7.39. The van der Waals surface area contributed by atoms with Crippen molar-refractivity contribution < 1.29 is 8.42 Å². The third-order valence-corrected chi connectivity index (χ3v) is 7.57. The standard InChI is InChI=1S/C21H37NO2S/c1-6-22(7-2)20-16-14-19(15-17-20)13-11-9-8-10-12-18-25(23,24)21(3,4)5/h14-17H,6-13,18H2,1-5H3. The molecule has 3 nitrogen and oxygen atoms in total. The number of sulfone groups is 1. The summed E-state index contributed by atoms with van der Waals surface area (Å²) < 4.78 is 23.5. The van der Waals surface area contributed by atoms with Crippen LogP contribution in [0.4, 0.5) is 5.69 Å². The van der Waals surface area contributed by atoms with Gasteiger partial charge in [0.25, 0.3) is 0 Å². The molecule has 0 radical (unpaired) electrons. The zero-order chi connectivity index (χ0) is 18.9. The number of rotatable bonds is 11. The Morgan fingerprint density at radius 2 is 1.36 bits per heavy atom. The molecule has 0 N–H and O–H groups in total. The van der Waals surface area contributed by atoms with E-state index in [4.69, 9.17) is 0 Å². The average molecular weight is 368 g/mol. The first-order valence-electron chi connectivity index (χ1n) is 9.77. The minimum atomic E-state index is -2.95. The van der Waals surface area contributed by atoms with Gasteiger partial charge in [-0.1, -0.05) is 31.4 Å². The summed E-state index contributed by atoms with van der Waals surface area (Å²) in [5, 5.41) is 0. The summed E-state index contributed by atoms with van der Waals surface area (Å²) in [6.45, 7) is 11.8. The number of unbranched alkanes of at least 4 members (excludes halogenated alkanes) is 4. The van der Waals surface area contributed by atoms with Crippen LogP contribution >= 0.6 is 0 Å². The topological polar surface area (TPSA) is 37.4 Å². The summed E-state index contributed by atoms with van der Waals surface area (Å²) in [4.78, 5) is 2.36. The van der Waals surface area contributed by atoms with Crippen LogP contribution in [-0.2, 0) is 16.3 Å². The van der Waals surface area contributed by atoms with Crippen LogP contribution in [0.5, 0.6) is 0 Å². The first-order chi connectivity index (χ1) is 11.7. The van der Waals surface area contributed by atoms with Gasteiger partial charge in [0.15, 0.2) is 9.84 Å². The van der Waals surface area contributed by atoms with Crippen molar-refractivity contribution in [2.75, 3.05) is 23.7 Å². The Hall–Kier alpha value is -1.03. The predicted octanol–water partition coefficient (Wildman–Crippen LogP) is 5.24. The first-order valence-corrected chi connectivity index (χ1v) is 11.4. The van der Waals surface area contributed by atoms with Crippen LogP contribution in [0.2, 0.25) is 0 Å². The fourth-order valence-electron chi connectivity index (χ4n) is 2.92. The van der Waals surface area contributed by atoms with Crippen molar-refractivity contribution >= 4 is 15.5 Å². The lowest BCUT2D eigenvalue weighted by atomic mass is 10.1. The highest BCUT2D eigenvalue weighted by Gasteiger charge is 2.27. The minimum Gasteiger partial charge on any atom is -0.372 e. The molecule has 0 bridgehead atoms. The second-order valence-corrected chi connectivity index (χ2v) is 10.7. The molecule has 0 fully saturated rings. The molecule has 0 aliphatic heterocycles. The van der Waals surface area contributed by atoms with E-state index in [0.29, 0.717) is 5.75 Å². The number of hydrogen-bond donors (Lipinski definition) is 0. The SMILES string of the molecule is CCN(CC)c1ccc(CCCCCCCS(=O)(=O)C(C)(C)C)cc1. The summed E-state index contributed by atoms with van der Waals surface area (Å²) in [7, 11) is -2.95. The Kier molecular flexibility index (Phi) is 8.98. The minimum absolute atomic E-state index is 0.323. The lowest BCUT2D eigenvalue weighted by molar-refractivity contribution is 0.552. The molecule has 0 saturated heterocycles. The molecule has 4 heteroatoms. The molecule has 0 aromatic heterocycles. The maximum Gasteiger partial charge on any atom is 0.155 e. The highest BCUT2D eigenvalue weighted by molar-refractivity contribution is 7.92. The van der Waals surface area contributed by atoms with Crippen molar-refractivity contribution in [2.24, 2.45) is 0 Å². The number of nitrogens with zero attached hydrogens (tertiary/aromatic N) is 1. The summed E-state index contributed by atoms with van der Waals surface area (Å²) in [6, 6.07) is 8.92. The van der Waals surface area contributed by atoms with Gasteiger partial charge in [-0.25, -0.2) is 8.42 Å². The van der Waals surface area contributed by atoms with Crippen LogP contribution < -0.4 is 4.90 Å². The third-order valence-electron chi connectivity index (χ3n) is 4.88. The molecule has 0 aliphatic carbocycles. The van der Waals surface area contributed by atoms with Crippen LogP contribution in [-0.4, -0.2) is 32.0 Å². The van der Waals surface area contributed by atoms with Gasteiger partial charge < -0.3 is 4.90 Å². The van der Waals surface area contributed by atoms with Crippen molar-refractivity contribution in [1.82, 2.24) is 0 Å². The van der Waals surface area contributed by atoms with Gasteiger partial charge in [-0.05, 0) is 71.6 Å². The van der Waals surface area contributed by atoms with Gasteiger partial charge in [0.1, 0.15) is 0 Å². The van der Waals surface area contributed by atoms with Gasteiger partial charge in [-0.15, -0.1) is 0 Å². The van der Waals surface area contributed by atoms with E-state index in [1.165, 1.54) is 24.1 Å². The average Bonchev–Trinajstić information content (AvgIpc) is 2.55. The maximum atomic E-state index is 12.0. The number of aryl methyl sites for hydroxylation is 1. The molecule has 0 spiro atoms.